The third-order valence-electron chi connectivity index (χ3n) is 4.57. The van der Waals surface area contributed by atoms with Gasteiger partial charge in [-0.3, -0.25) is 19.8 Å². The van der Waals surface area contributed by atoms with Crippen LogP contribution < -0.4 is 5.32 Å². The molecular weight excluding hydrogens is 364 g/mol. The second kappa shape index (κ2) is 8.22. The largest absolute Gasteiger partial charge is 0.472 e. The minimum absolute atomic E-state index is 0.154. The molecule has 0 spiro atoms. The van der Waals surface area contributed by atoms with Gasteiger partial charge in [0, 0.05) is 36.5 Å². The van der Waals surface area contributed by atoms with Crippen molar-refractivity contribution < 1.29 is 14.0 Å². The summed E-state index contributed by atoms with van der Waals surface area (Å²) in [4.78, 5) is 34.6. The highest BCUT2D eigenvalue weighted by Crippen LogP contribution is 2.28. The lowest BCUT2D eigenvalue weighted by Gasteiger charge is -2.34. The number of anilines is 1. The number of furan rings is 1. The van der Waals surface area contributed by atoms with E-state index in [1.54, 1.807) is 6.07 Å². The van der Waals surface area contributed by atoms with Crippen molar-refractivity contribution in [1.82, 2.24) is 14.8 Å². The third kappa shape index (κ3) is 4.56. The molecule has 0 radical (unpaired) electrons. The summed E-state index contributed by atoms with van der Waals surface area (Å²) in [6, 6.07) is 1.99. The molecule has 2 amide bonds. The normalized spacial score (nSPS) is 14.4. The number of carbonyl (C=O) groups excluding carboxylic acids is 2. The Hall–Kier alpha value is -2.19. The summed E-state index contributed by atoms with van der Waals surface area (Å²) in [6.07, 6.45) is 3.66. The van der Waals surface area contributed by atoms with Crippen LogP contribution >= 0.6 is 11.3 Å². The molecule has 2 aromatic heterocycles. The zero-order valence-corrected chi connectivity index (χ0v) is 17.0. The highest BCUT2D eigenvalue weighted by Gasteiger charge is 2.26. The van der Waals surface area contributed by atoms with E-state index in [4.69, 9.17) is 4.42 Å². The number of amides is 2. The molecule has 0 aromatic carbocycles. The van der Waals surface area contributed by atoms with Gasteiger partial charge in [-0.15, -0.1) is 11.3 Å². The fourth-order valence-electron chi connectivity index (χ4n) is 3.44. The summed E-state index contributed by atoms with van der Waals surface area (Å²) < 4.78 is 4.94. The van der Waals surface area contributed by atoms with Gasteiger partial charge in [0.05, 0.1) is 24.1 Å². The Morgan fingerprint density at radius 2 is 2.07 bits per heavy atom. The minimum atomic E-state index is -0.230. The van der Waals surface area contributed by atoms with E-state index < -0.39 is 0 Å². The molecule has 1 N–H and O–H groups in total. The molecule has 0 aliphatic carbocycles. The maximum Gasteiger partial charge on any atom is 0.260 e. The van der Waals surface area contributed by atoms with Crippen LogP contribution in [0.2, 0.25) is 0 Å². The van der Waals surface area contributed by atoms with Crippen LogP contribution in [0.5, 0.6) is 0 Å². The van der Waals surface area contributed by atoms with Crippen LogP contribution in [0.1, 0.15) is 48.6 Å². The lowest BCUT2D eigenvalue weighted by atomic mass is 10.1. The molecule has 3 rings (SSSR count). The number of nitrogens with one attached hydrogen (secondary N) is 1. The van der Waals surface area contributed by atoms with Gasteiger partial charge in [0.15, 0.2) is 5.13 Å². The highest BCUT2D eigenvalue weighted by molar-refractivity contribution is 7.15. The van der Waals surface area contributed by atoms with Crippen LogP contribution in [0.3, 0.4) is 0 Å². The van der Waals surface area contributed by atoms with Crippen LogP contribution in [0.25, 0.3) is 0 Å². The lowest BCUT2D eigenvalue weighted by molar-refractivity contribution is -0.136. The molecule has 8 heteroatoms. The zero-order valence-electron chi connectivity index (χ0n) is 16.2. The molecule has 2 aromatic rings. The van der Waals surface area contributed by atoms with Crippen LogP contribution in [0, 0.1) is 0 Å². The summed E-state index contributed by atoms with van der Waals surface area (Å²) in [5, 5.41) is 3.41. The van der Waals surface area contributed by atoms with Gasteiger partial charge in [-0.05, 0) is 33.8 Å². The number of carbonyl (C=O) groups is 2. The summed E-state index contributed by atoms with van der Waals surface area (Å²) in [6.45, 7) is 10.1. The van der Waals surface area contributed by atoms with E-state index in [0.29, 0.717) is 23.8 Å². The van der Waals surface area contributed by atoms with Crippen molar-refractivity contribution in [2.75, 3.05) is 18.4 Å². The van der Waals surface area contributed by atoms with E-state index in [1.165, 1.54) is 23.9 Å². The molecule has 146 valence electrons. The van der Waals surface area contributed by atoms with E-state index in [9.17, 15) is 9.59 Å². The maximum absolute atomic E-state index is 12.7. The SMILES string of the molecule is CC(C)N(C(=O)CN1CCc2nc(NC(=O)c3ccoc3)sc2C1)C(C)C. The summed E-state index contributed by atoms with van der Waals surface area (Å²) in [7, 11) is 0. The van der Waals surface area contributed by atoms with Crippen molar-refractivity contribution in [2.24, 2.45) is 0 Å². The molecule has 0 unspecified atom stereocenters. The molecule has 0 saturated heterocycles. The molecule has 0 fully saturated rings. The number of rotatable bonds is 6. The summed E-state index contributed by atoms with van der Waals surface area (Å²) in [5.74, 6) is -0.0761. The molecule has 0 bridgehead atoms. The third-order valence-corrected chi connectivity index (χ3v) is 5.57. The fourth-order valence-corrected chi connectivity index (χ4v) is 4.49. The van der Waals surface area contributed by atoms with Gasteiger partial charge >= 0.3 is 0 Å². The average molecular weight is 391 g/mol. The van der Waals surface area contributed by atoms with Crippen LogP contribution in [-0.2, 0) is 17.8 Å². The number of hydrogen-bond donors (Lipinski definition) is 1. The molecule has 7 nitrogen and oxygen atoms in total. The number of nitrogens with zero attached hydrogens (tertiary/aromatic N) is 3. The van der Waals surface area contributed by atoms with Gasteiger partial charge in [-0.1, -0.05) is 0 Å². The maximum atomic E-state index is 12.7. The van der Waals surface area contributed by atoms with E-state index in [-0.39, 0.29) is 23.9 Å². The van der Waals surface area contributed by atoms with Gasteiger partial charge in [0.1, 0.15) is 6.26 Å². The number of fused-ring (bicyclic) bond motifs is 1. The predicted octanol–water partition coefficient (Wildman–Crippen LogP) is 2.99. The first-order valence-corrected chi connectivity index (χ1v) is 10.0. The standard InChI is InChI=1S/C19H26N4O3S/c1-12(2)23(13(3)4)17(24)10-22-7-5-15-16(9-22)27-19(20-15)21-18(25)14-6-8-26-11-14/h6,8,11-13H,5,7,9-10H2,1-4H3,(H,20,21,25). The Morgan fingerprint density at radius 1 is 1.33 bits per heavy atom. The monoisotopic (exact) mass is 390 g/mol. The quantitative estimate of drug-likeness (QED) is 0.820. The lowest BCUT2D eigenvalue weighted by Crippen LogP contribution is -2.47. The van der Waals surface area contributed by atoms with Crippen molar-refractivity contribution >= 4 is 28.3 Å². The van der Waals surface area contributed by atoms with Gasteiger partial charge < -0.3 is 9.32 Å². The van der Waals surface area contributed by atoms with Gasteiger partial charge in [-0.25, -0.2) is 4.98 Å². The Morgan fingerprint density at radius 3 is 2.70 bits per heavy atom. The van der Waals surface area contributed by atoms with Gasteiger partial charge in [0.2, 0.25) is 5.91 Å². The van der Waals surface area contributed by atoms with Crippen molar-refractivity contribution in [3.8, 4) is 0 Å². The van der Waals surface area contributed by atoms with Crippen LogP contribution in [0.15, 0.2) is 23.0 Å². The van der Waals surface area contributed by atoms with E-state index in [2.05, 4.69) is 15.2 Å². The predicted molar refractivity (Wildman–Crippen MR) is 105 cm³/mol. The fraction of sp³-hybridized carbons (Fsp3) is 0.526. The number of aromatic nitrogens is 1. The van der Waals surface area contributed by atoms with Gasteiger partial charge in [0.25, 0.3) is 5.91 Å². The number of thiazole rings is 1. The van der Waals surface area contributed by atoms with E-state index in [1.807, 2.05) is 32.6 Å². The molecule has 0 atom stereocenters. The second-order valence-corrected chi connectivity index (χ2v) is 8.39. The van der Waals surface area contributed by atoms with Crippen molar-refractivity contribution in [2.45, 2.75) is 52.7 Å². The Labute approximate surface area is 163 Å². The first kappa shape index (κ1) is 19.6. The molecule has 1 aliphatic heterocycles. The molecular formula is C19H26N4O3S. The average Bonchev–Trinajstić information content (AvgIpc) is 3.22. The van der Waals surface area contributed by atoms with Crippen molar-refractivity contribution in [3.05, 3.63) is 34.7 Å². The Kier molecular flexibility index (Phi) is 5.96. The first-order chi connectivity index (χ1) is 12.8. The van der Waals surface area contributed by atoms with Crippen LogP contribution in [-0.4, -0.2) is 51.8 Å². The highest BCUT2D eigenvalue weighted by atomic mass is 32.1. The molecule has 1 aliphatic rings. The first-order valence-electron chi connectivity index (χ1n) is 9.20. The zero-order chi connectivity index (χ0) is 19.6. The number of hydrogen-bond acceptors (Lipinski definition) is 6. The van der Waals surface area contributed by atoms with Gasteiger partial charge in [-0.2, -0.15) is 0 Å². The van der Waals surface area contributed by atoms with E-state index >= 15 is 0 Å². The molecule has 27 heavy (non-hydrogen) atoms. The van der Waals surface area contributed by atoms with Crippen molar-refractivity contribution in [1.29, 1.82) is 0 Å². The summed E-state index contributed by atoms with van der Waals surface area (Å²) >= 11 is 1.47. The second-order valence-electron chi connectivity index (χ2n) is 7.30. The topological polar surface area (TPSA) is 78.7 Å². The molecule has 3 heterocycles. The Balaban J connectivity index is 1.62. The molecule has 0 saturated carbocycles. The van der Waals surface area contributed by atoms with Crippen molar-refractivity contribution in [3.63, 3.8) is 0 Å². The Bertz CT molecular complexity index is 790. The minimum Gasteiger partial charge on any atom is -0.472 e. The smallest absolute Gasteiger partial charge is 0.260 e. The van der Waals surface area contributed by atoms with Crippen LogP contribution in [0.4, 0.5) is 5.13 Å². The van der Waals surface area contributed by atoms with E-state index in [0.717, 1.165) is 23.5 Å². The summed E-state index contributed by atoms with van der Waals surface area (Å²) in [5.41, 5.74) is 1.48.